The number of sulfonamides is 1. The highest BCUT2D eigenvalue weighted by molar-refractivity contribution is 7.89. The van der Waals surface area contributed by atoms with Gasteiger partial charge < -0.3 is 0 Å². The number of nitriles is 1. The summed E-state index contributed by atoms with van der Waals surface area (Å²) in [6.07, 6.45) is 0. The minimum atomic E-state index is -3.54. The normalized spacial score (nSPS) is 11.7. The second-order valence-electron chi connectivity index (χ2n) is 5.56. The topological polar surface area (TPSA) is 79.0 Å². The van der Waals surface area contributed by atoms with Crippen LogP contribution in [0.25, 0.3) is 0 Å². The third kappa shape index (κ3) is 3.35. The fourth-order valence-electron chi connectivity index (χ4n) is 2.76. The van der Waals surface area contributed by atoms with E-state index in [0.29, 0.717) is 41.5 Å². The smallest absolute Gasteiger partial charge is 0.246 e. The van der Waals surface area contributed by atoms with Gasteiger partial charge in [0.2, 0.25) is 10.0 Å². The van der Waals surface area contributed by atoms with Crippen LogP contribution in [0, 0.1) is 25.2 Å². The van der Waals surface area contributed by atoms with Crippen molar-refractivity contribution in [3.63, 3.8) is 0 Å². The zero-order valence-corrected chi connectivity index (χ0v) is 15.3. The summed E-state index contributed by atoms with van der Waals surface area (Å²) in [5.74, 6) is 0. The molecule has 0 bridgehead atoms. The summed E-state index contributed by atoms with van der Waals surface area (Å²) in [5.41, 5.74) is 2.69. The molecule has 0 N–H and O–H groups in total. The molecule has 0 fully saturated rings. The van der Waals surface area contributed by atoms with Crippen molar-refractivity contribution < 1.29 is 8.42 Å². The van der Waals surface area contributed by atoms with E-state index in [4.69, 9.17) is 5.26 Å². The number of benzene rings is 1. The van der Waals surface area contributed by atoms with Gasteiger partial charge in [-0.2, -0.15) is 14.7 Å². The zero-order valence-electron chi connectivity index (χ0n) is 14.4. The van der Waals surface area contributed by atoms with Gasteiger partial charge in [0.1, 0.15) is 4.90 Å². The van der Waals surface area contributed by atoms with E-state index < -0.39 is 10.0 Å². The van der Waals surface area contributed by atoms with Gasteiger partial charge >= 0.3 is 0 Å². The number of hydrogen-bond donors (Lipinski definition) is 0. The van der Waals surface area contributed by atoms with Crippen molar-refractivity contribution in [1.82, 2.24) is 14.1 Å². The molecular formula is C17H22N4O2S. The van der Waals surface area contributed by atoms with E-state index >= 15 is 0 Å². The lowest BCUT2D eigenvalue weighted by Gasteiger charge is -2.18. The van der Waals surface area contributed by atoms with Crippen molar-refractivity contribution in [1.29, 1.82) is 5.26 Å². The first kappa shape index (κ1) is 18.2. The van der Waals surface area contributed by atoms with Crippen molar-refractivity contribution >= 4 is 10.0 Å². The van der Waals surface area contributed by atoms with Crippen LogP contribution in [0.5, 0.6) is 0 Å². The molecule has 24 heavy (non-hydrogen) atoms. The van der Waals surface area contributed by atoms with E-state index in [1.807, 2.05) is 26.0 Å². The molecule has 0 saturated carbocycles. The third-order valence-electron chi connectivity index (χ3n) is 4.03. The lowest BCUT2D eigenvalue weighted by Crippen LogP contribution is -2.31. The van der Waals surface area contributed by atoms with E-state index in [2.05, 4.69) is 11.2 Å². The number of hydrogen-bond acceptors (Lipinski definition) is 4. The molecule has 2 rings (SSSR count). The zero-order chi connectivity index (χ0) is 17.9. The molecule has 0 aliphatic heterocycles. The Hall–Kier alpha value is -2.17. The molecule has 0 atom stereocenters. The van der Waals surface area contributed by atoms with Crippen LogP contribution in [-0.4, -0.2) is 35.6 Å². The molecule has 1 aromatic heterocycles. The number of aromatic nitrogens is 2. The van der Waals surface area contributed by atoms with Crippen molar-refractivity contribution in [2.24, 2.45) is 0 Å². The van der Waals surface area contributed by atoms with Crippen molar-refractivity contribution in [3.8, 4) is 6.07 Å². The number of aryl methyl sites for hydroxylation is 1. The lowest BCUT2D eigenvalue weighted by molar-refractivity contribution is 0.444. The Balaban J connectivity index is 2.40. The van der Waals surface area contributed by atoms with E-state index in [1.165, 1.54) is 4.31 Å². The maximum Gasteiger partial charge on any atom is 0.246 e. The Labute approximate surface area is 143 Å². The first-order valence-electron chi connectivity index (χ1n) is 7.88. The monoisotopic (exact) mass is 346 g/mol. The fourth-order valence-corrected chi connectivity index (χ4v) is 4.59. The predicted octanol–water partition coefficient (Wildman–Crippen LogP) is 2.45. The van der Waals surface area contributed by atoms with E-state index in [9.17, 15) is 8.42 Å². The van der Waals surface area contributed by atoms with Crippen molar-refractivity contribution in [2.75, 3.05) is 13.1 Å². The summed E-state index contributed by atoms with van der Waals surface area (Å²) in [6, 6.07) is 9.28. The summed E-state index contributed by atoms with van der Waals surface area (Å²) in [6.45, 7) is 8.47. The minimum absolute atomic E-state index is 0.292. The highest BCUT2D eigenvalue weighted by Gasteiger charge is 2.29. The maximum absolute atomic E-state index is 12.8. The summed E-state index contributed by atoms with van der Waals surface area (Å²) in [4.78, 5) is 0.292. The van der Waals surface area contributed by atoms with Crippen LogP contribution in [0.15, 0.2) is 29.2 Å². The molecular weight excluding hydrogens is 324 g/mol. The van der Waals surface area contributed by atoms with E-state index in [-0.39, 0.29) is 0 Å². The SMILES string of the molecule is CCN(CC)S(=O)(=O)c1c(C)nn(Cc2ccc(C#N)cc2)c1C. The Kier molecular flexibility index (Phi) is 5.42. The molecule has 0 amide bonds. The van der Waals surface area contributed by atoms with Gasteiger partial charge in [-0.1, -0.05) is 26.0 Å². The quantitative estimate of drug-likeness (QED) is 0.805. The van der Waals surface area contributed by atoms with E-state index in [1.54, 1.807) is 30.7 Å². The van der Waals surface area contributed by atoms with Gasteiger partial charge in [0.05, 0.1) is 29.6 Å². The Morgan fingerprint density at radius 1 is 1.17 bits per heavy atom. The molecule has 0 radical (unpaired) electrons. The summed E-state index contributed by atoms with van der Waals surface area (Å²) in [5, 5.41) is 13.3. The molecule has 128 valence electrons. The first-order valence-corrected chi connectivity index (χ1v) is 9.32. The van der Waals surface area contributed by atoms with Gasteiger partial charge in [0, 0.05) is 13.1 Å². The van der Waals surface area contributed by atoms with Gasteiger partial charge in [-0.3, -0.25) is 4.68 Å². The van der Waals surface area contributed by atoms with Gasteiger partial charge in [-0.05, 0) is 31.5 Å². The molecule has 7 heteroatoms. The van der Waals surface area contributed by atoms with Gasteiger partial charge in [0.15, 0.2) is 0 Å². The molecule has 6 nitrogen and oxygen atoms in total. The van der Waals surface area contributed by atoms with Gasteiger partial charge in [0.25, 0.3) is 0 Å². The van der Waals surface area contributed by atoms with Crippen LogP contribution in [0.4, 0.5) is 0 Å². The fraction of sp³-hybridized carbons (Fsp3) is 0.412. The molecule has 1 aromatic carbocycles. The Bertz CT molecular complexity index is 857. The number of nitrogens with zero attached hydrogens (tertiary/aromatic N) is 4. The summed E-state index contributed by atoms with van der Waals surface area (Å²) >= 11 is 0. The van der Waals surface area contributed by atoms with E-state index in [0.717, 1.165) is 5.56 Å². The molecule has 1 heterocycles. The van der Waals surface area contributed by atoms with Crippen molar-refractivity contribution in [3.05, 3.63) is 46.8 Å². The Morgan fingerprint density at radius 2 is 1.75 bits per heavy atom. The molecule has 0 saturated heterocycles. The highest BCUT2D eigenvalue weighted by atomic mass is 32.2. The summed E-state index contributed by atoms with van der Waals surface area (Å²) in [7, 11) is -3.54. The molecule has 0 aliphatic carbocycles. The molecule has 0 spiro atoms. The molecule has 0 aliphatic rings. The molecule has 2 aromatic rings. The van der Waals surface area contributed by atoms with Crippen molar-refractivity contribution in [2.45, 2.75) is 39.1 Å². The largest absolute Gasteiger partial charge is 0.264 e. The second kappa shape index (κ2) is 7.16. The van der Waals surface area contributed by atoms with Gasteiger partial charge in [-0.25, -0.2) is 8.42 Å². The Morgan fingerprint density at radius 3 is 2.25 bits per heavy atom. The van der Waals surface area contributed by atoms with Crippen LogP contribution < -0.4 is 0 Å². The van der Waals surface area contributed by atoms with Crippen LogP contribution in [0.1, 0.15) is 36.4 Å². The standard InChI is InChI=1S/C17H22N4O2S/c1-5-20(6-2)24(22,23)17-13(3)19-21(14(17)4)12-16-9-7-15(11-18)8-10-16/h7-10H,5-6,12H2,1-4H3. The number of rotatable bonds is 6. The average molecular weight is 346 g/mol. The predicted molar refractivity (Wildman–Crippen MR) is 92.1 cm³/mol. The maximum atomic E-state index is 12.8. The average Bonchev–Trinajstić information content (AvgIpc) is 2.83. The van der Waals surface area contributed by atoms with Crippen LogP contribution in [-0.2, 0) is 16.6 Å². The van der Waals surface area contributed by atoms with Gasteiger partial charge in [-0.15, -0.1) is 0 Å². The second-order valence-corrected chi connectivity index (χ2v) is 7.43. The highest BCUT2D eigenvalue weighted by Crippen LogP contribution is 2.24. The van der Waals surface area contributed by atoms with Crippen LogP contribution in [0.2, 0.25) is 0 Å². The third-order valence-corrected chi connectivity index (χ3v) is 6.34. The van der Waals surface area contributed by atoms with Crippen LogP contribution in [0.3, 0.4) is 0 Å². The lowest BCUT2D eigenvalue weighted by atomic mass is 10.1. The first-order chi connectivity index (χ1) is 11.3. The summed E-state index contributed by atoms with van der Waals surface area (Å²) < 4.78 is 28.8. The van der Waals surface area contributed by atoms with Crippen LogP contribution >= 0.6 is 0 Å². The minimum Gasteiger partial charge on any atom is -0.264 e. The molecule has 0 unspecified atom stereocenters.